The van der Waals surface area contributed by atoms with Gasteiger partial charge >= 0.3 is 5.69 Å². The van der Waals surface area contributed by atoms with Gasteiger partial charge in [0.05, 0.1) is 4.92 Å². The largest absolute Gasteiger partial charge is 0.319 e. The van der Waals surface area contributed by atoms with Gasteiger partial charge in [-0.25, -0.2) is 10.8 Å². The van der Waals surface area contributed by atoms with E-state index < -0.39 is 4.92 Å². The molecule has 0 atom stereocenters. The second-order valence-corrected chi connectivity index (χ2v) is 4.74. The van der Waals surface area contributed by atoms with Gasteiger partial charge in [-0.15, -0.1) is 0 Å². The fourth-order valence-corrected chi connectivity index (χ4v) is 2.44. The number of hydrogen-bond donors (Lipinski definition) is 2. The highest BCUT2D eigenvalue weighted by Gasteiger charge is 2.17. The first kappa shape index (κ1) is 15.6. The Morgan fingerprint density at radius 3 is 2.74 bits per heavy atom. The van der Waals surface area contributed by atoms with Gasteiger partial charge < -0.3 is 4.90 Å². The average Bonchev–Trinajstić information content (AvgIpc) is 2.43. The van der Waals surface area contributed by atoms with Gasteiger partial charge in [-0.05, 0) is 13.1 Å². The number of nitrogens with two attached hydrogens (primary N) is 1. The van der Waals surface area contributed by atoms with Crippen LogP contribution in [0.2, 0.25) is 0 Å². The molecule has 0 saturated heterocycles. The lowest BCUT2D eigenvalue weighted by Crippen LogP contribution is -2.25. The maximum atomic E-state index is 10.9. The molecule has 0 aliphatic carbocycles. The third-order valence-corrected chi connectivity index (χ3v) is 3.56. The lowest BCUT2D eigenvalue weighted by atomic mass is 10.5. The first-order valence-electron chi connectivity index (χ1n) is 5.95. The Hall–Kier alpha value is -1.45. The van der Waals surface area contributed by atoms with Crippen LogP contribution in [-0.2, 0) is 0 Å². The van der Waals surface area contributed by atoms with Gasteiger partial charge in [-0.1, -0.05) is 25.6 Å². The molecule has 19 heavy (non-hydrogen) atoms. The maximum Gasteiger partial charge on any atom is 0.319 e. The van der Waals surface area contributed by atoms with E-state index in [0.717, 1.165) is 25.4 Å². The second-order valence-electron chi connectivity index (χ2n) is 3.66. The standard InChI is InChI=1S/C10H18N6O2S/c1-3-15(4-2)5-6-19-9-8(16(17)18)7-12-10(13-9)14-11/h7H,3-6,11H2,1-2H3,(H,12,13,14). The molecule has 9 heteroatoms. The summed E-state index contributed by atoms with van der Waals surface area (Å²) in [5.41, 5.74) is 2.19. The van der Waals surface area contributed by atoms with E-state index in [4.69, 9.17) is 5.84 Å². The topological polar surface area (TPSA) is 110 Å². The summed E-state index contributed by atoms with van der Waals surface area (Å²) in [7, 11) is 0. The Morgan fingerprint density at radius 1 is 1.53 bits per heavy atom. The van der Waals surface area contributed by atoms with Crippen molar-refractivity contribution in [2.24, 2.45) is 5.84 Å². The van der Waals surface area contributed by atoms with Crippen LogP contribution in [0.4, 0.5) is 11.6 Å². The van der Waals surface area contributed by atoms with Crippen molar-refractivity contribution in [3.8, 4) is 0 Å². The van der Waals surface area contributed by atoms with E-state index in [0.29, 0.717) is 5.03 Å². The first-order chi connectivity index (χ1) is 9.12. The minimum absolute atomic E-state index is 0.0939. The number of hydrogen-bond acceptors (Lipinski definition) is 8. The second kappa shape index (κ2) is 7.87. The molecular weight excluding hydrogens is 268 g/mol. The van der Waals surface area contributed by atoms with Crippen molar-refractivity contribution in [3.63, 3.8) is 0 Å². The Labute approximate surface area is 115 Å². The van der Waals surface area contributed by atoms with Gasteiger partial charge in [-0.3, -0.25) is 15.5 Å². The van der Waals surface area contributed by atoms with E-state index in [1.807, 2.05) is 0 Å². The van der Waals surface area contributed by atoms with Crippen LogP contribution in [0.1, 0.15) is 13.8 Å². The van der Waals surface area contributed by atoms with E-state index in [1.54, 1.807) is 0 Å². The van der Waals surface area contributed by atoms with Crippen molar-refractivity contribution in [1.29, 1.82) is 0 Å². The number of nitrogens with zero attached hydrogens (tertiary/aromatic N) is 4. The summed E-state index contributed by atoms with van der Waals surface area (Å²) in [4.78, 5) is 20.4. The zero-order valence-electron chi connectivity index (χ0n) is 11.0. The molecule has 106 valence electrons. The van der Waals surface area contributed by atoms with Gasteiger partial charge in [0.1, 0.15) is 6.20 Å². The van der Waals surface area contributed by atoms with Gasteiger partial charge in [0.25, 0.3) is 0 Å². The molecule has 0 spiro atoms. The molecule has 0 amide bonds. The highest BCUT2D eigenvalue weighted by Crippen LogP contribution is 2.27. The molecule has 1 rings (SSSR count). The quantitative estimate of drug-likeness (QED) is 0.240. The molecule has 0 unspecified atom stereocenters. The molecule has 0 saturated carbocycles. The molecule has 0 aliphatic heterocycles. The minimum Gasteiger partial charge on any atom is -0.303 e. The molecule has 0 aliphatic rings. The zero-order chi connectivity index (χ0) is 14.3. The van der Waals surface area contributed by atoms with Crippen LogP contribution < -0.4 is 11.3 Å². The molecular formula is C10H18N6O2S. The number of nitrogen functional groups attached to an aromatic ring is 1. The Kier molecular flexibility index (Phi) is 6.46. The van der Waals surface area contributed by atoms with Crippen LogP contribution in [0, 0.1) is 10.1 Å². The van der Waals surface area contributed by atoms with Crippen LogP contribution in [0.5, 0.6) is 0 Å². The number of anilines is 1. The SMILES string of the molecule is CCN(CC)CCSc1nc(NN)ncc1[N+](=O)[O-]. The summed E-state index contributed by atoms with van der Waals surface area (Å²) in [5, 5.41) is 11.2. The van der Waals surface area contributed by atoms with Crippen molar-refractivity contribution >= 4 is 23.4 Å². The third kappa shape index (κ3) is 4.62. The number of nitrogens with one attached hydrogen (secondary N) is 1. The Balaban J connectivity index is 2.72. The molecule has 0 aromatic carbocycles. The summed E-state index contributed by atoms with van der Waals surface area (Å²) in [6.45, 7) is 6.93. The summed E-state index contributed by atoms with van der Waals surface area (Å²) in [5.74, 6) is 6.11. The van der Waals surface area contributed by atoms with Crippen LogP contribution in [0.3, 0.4) is 0 Å². The van der Waals surface area contributed by atoms with Crippen molar-refractivity contribution < 1.29 is 4.92 Å². The fraction of sp³-hybridized carbons (Fsp3) is 0.600. The highest BCUT2D eigenvalue weighted by molar-refractivity contribution is 7.99. The molecule has 0 radical (unpaired) electrons. The van der Waals surface area contributed by atoms with E-state index in [9.17, 15) is 10.1 Å². The Morgan fingerprint density at radius 2 is 2.21 bits per heavy atom. The van der Waals surface area contributed by atoms with Crippen molar-refractivity contribution in [3.05, 3.63) is 16.3 Å². The van der Waals surface area contributed by atoms with Crippen molar-refractivity contribution in [2.75, 3.05) is 30.8 Å². The highest BCUT2D eigenvalue weighted by atomic mass is 32.2. The lowest BCUT2D eigenvalue weighted by Gasteiger charge is -2.17. The van der Waals surface area contributed by atoms with Gasteiger partial charge in [0, 0.05) is 12.3 Å². The molecule has 1 heterocycles. The number of thioether (sulfide) groups is 1. The van der Waals surface area contributed by atoms with Crippen LogP contribution in [0.15, 0.2) is 11.2 Å². The molecule has 8 nitrogen and oxygen atoms in total. The first-order valence-corrected chi connectivity index (χ1v) is 6.94. The number of hydrazine groups is 1. The molecule has 1 aromatic heterocycles. The molecule has 3 N–H and O–H groups in total. The van der Waals surface area contributed by atoms with Gasteiger partial charge in [-0.2, -0.15) is 4.98 Å². The molecule has 0 bridgehead atoms. The number of rotatable bonds is 8. The number of nitro groups is 1. The minimum atomic E-state index is -0.486. The third-order valence-electron chi connectivity index (χ3n) is 2.60. The molecule has 0 fully saturated rings. The predicted molar refractivity (Wildman–Crippen MR) is 75.0 cm³/mol. The normalized spacial score (nSPS) is 10.7. The van der Waals surface area contributed by atoms with Crippen LogP contribution in [-0.4, -0.2) is 45.2 Å². The van der Waals surface area contributed by atoms with Gasteiger partial charge in [0.2, 0.25) is 5.95 Å². The fourth-order valence-electron chi connectivity index (χ4n) is 1.47. The zero-order valence-corrected chi connectivity index (χ0v) is 11.8. The van der Waals surface area contributed by atoms with Crippen LogP contribution in [0.25, 0.3) is 0 Å². The maximum absolute atomic E-state index is 10.9. The van der Waals surface area contributed by atoms with Crippen LogP contribution >= 0.6 is 11.8 Å². The lowest BCUT2D eigenvalue weighted by molar-refractivity contribution is -0.388. The average molecular weight is 286 g/mol. The summed E-state index contributed by atoms with van der Waals surface area (Å²) in [6, 6.07) is 0. The van der Waals surface area contributed by atoms with E-state index in [-0.39, 0.29) is 11.6 Å². The Bertz CT molecular complexity index is 426. The van der Waals surface area contributed by atoms with E-state index >= 15 is 0 Å². The summed E-state index contributed by atoms with van der Waals surface area (Å²) >= 11 is 1.33. The van der Waals surface area contributed by atoms with Crippen molar-refractivity contribution in [2.45, 2.75) is 18.9 Å². The van der Waals surface area contributed by atoms with E-state index in [1.165, 1.54) is 18.0 Å². The molecule has 1 aromatic rings. The monoisotopic (exact) mass is 286 g/mol. The van der Waals surface area contributed by atoms with Gasteiger partial charge in [0.15, 0.2) is 5.03 Å². The number of aromatic nitrogens is 2. The smallest absolute Gasteiger partial charge is 0.303 e. The summed E-state index contributed by atoms with van der Waals surface area (Å²) in [6.07, 6.45) is 1.17. The predicted octanol–water partition coefficient (Wildman–Crippen LogP) is 1.10. The van der Waals surface area contributed by atoms with E-state index in [2.05, 4.69) is 34.1 Å². The van der Waals surface area contributed by atoms with Crippen molar-refractivity contribution in [1.82, 2.24) is 14.9 Å². The summed E-state index contributed by atoms with van der Waals surface area (Å²) < 4.78 is 0.